The lowest BCUT2D eigenvalue weighted by Gasteiger charge is -2.13. The van der Waals surface area contributed by atoms with Crippen LogP contribution in [-0.4, -0.2) is 36.0 Å². The quantitative estimate of drug-likeness (QED) is 0.399. The highest BCUT2D eigenvalue weighted by atomic mass is 79.9. The number of benzene rings is 1. The van der Waals surface area contributed by atoms with E-state index >= 15 is 0 Å². The Labute approximate surface area is 154 Å². The van der Waals surface area contributed by atoms with Crippen LogP contribution in [0.25, 0.3) is 0 Å². The molecule has 24 heavy (non-hydrogen) atoms. The number of ether oxygens (including phenoxy) is 1. The zero-order chi connectivity index (χ0) is 17.4. The minimum Gasteiger partial charge on any atom is -0.550 e. The van der Waals surface area contributed by atoms with Gasteiger partial charge in [0.05, 0.1) is 11.8 Å². The first kappa shape index (κ1) is 18.8. The van der Waals surface area contributed by atoms with E-state index in [0.29, 0.717) is 17.4 Å². The standard InChI is InChI=1S/C16H20BrN3O3S/c17-12-5-3-11(4-6-12)14(7-8-15(21)22)19-20-16(24)18-10-13-2-1-9-23-13/h3-6,13H,1-2,7-10H2,(H,21,22)(H2,18,20,24)/p-1/b19-14-/t13-/m1/s1. The molecule has 0 amide bonds. The Morgan fingerprint density at radius 3 is 2.75 bits per heavy atom. The number of thiocarbonyl (C=S) groups is 1. The van der Waals surface area contributed by atoms with Crippen molar-refractivity contribution in [2.75, 3.05) is 13.2 Å². The Morgan fingerprint density at radius 2 is 2.12 bits per heavy atom. The molecule has 1 aliphatic heterocycles. The number of aliphatic carboxylic acids is 1. The first-order valence-corrected chi connectivity index (χ1v) is 8.92. The van der Waals surface area contributed by atoms with Crippen LogP contribution in [-0.2, 0) is 9.53 Å². The first-order chi connectivity index (χ1) is 11.5. The number of hydrogen-bond acceptors (Lipinski definition) is 5. The number of rotatable bonds is 7. The predicted octanol–water partition coefficient (Wildman–Crippen LogP) is 1.33. The van der Waals surface area contributed by atoms with Crippen LogP contribution in [0.5, 0.6) is 0 Å². The fraction of sp³-hybridized carbons (Fsp3) is 0.438. The van der Waals surface area contributed by atoms with Crippen molar-refractivity contribution in [2.45, 2.75) is 31.8 Å². The molecule has 1 atom stereocenters. The SMILES string of the molecule is O=C([O-])CC/C(=N/NC(=S)NC[C@H]1CCCO1)c1ccc(Br)cc1. The predicted molar refractivity (Wildman–Crippen MR) is 97.6 cm³/mol. The lowest BCUT2D eigenvalue weighted by molar-refractivity contribution is -0.305. The lowest BCUT2D eigenvalue weighted by Crippen LogP contribution is -2.37. The van der Waals surface area contributed by atoms with Crippen LogP contribution < -0.4 is 15.8 Å². The van der Waals surface area contributed by atoms with E-state index in [9.17, 15) is 9.90 Å². The van der Waals surface area contributed by atoms with Gasteiger partial charge in [-0.05, 0) is 55.6 Å². The van der Waals surface area contributed by atoms with E-state index in [0.717, 1.165) is 29.5 Å². The Balaban J connectivity index is 1.94. The van der Waals surface area contributed by atoms with Crippen molar-refractivity contribution in [3.8, 4) is 0 Å². The van der Waals surface area contributed by atoms with E-state index in [1.807, 2.05) is 24.3 Å². The highest BCUT2D eigenvalue weighted by molar-refractivity contribution is 9.10. The van der Waals surface area contributed by atoms with E-state index < -0.39 is 5.97 Å². The van der Waals surface area contributed by atoms with E-state index in [1.165, 1.54) is 0 Å². The van der Waals surface area contributed by atoms with E-state index in [4.69, 9.17) is 17.0 Å². The molecular weight excluding hydrogens is 394 g/mol. The molecule has 1 aromatic rings. The summed E-state index contributed by atoms with van der Waals surface area (Å²) in [7, 11) is 0. The van der Waals surface area contributed by atoms with Crippen LogP contribution in [0.3, 0.4) is 0 Å². The average Bonchev–Trinajstić information content (AvgIpc) is 3.07. The fourth-order valence-electron chi connectivity index (χ4n) is 2.30. The normalized spacial score (nSPS) is 17.5. The second-order valence-electron chi connectivity index (χ2n) is 5.39. The van der Waals surface area contributed by atoms with E-state index in [-0.39, 0.29) is 18.9 Å². The second kappa shape index (κ2) is 9.71. The molecule has 0 unspecified atom stereocenters. The van der Waals surface area contributed by atoms with Gasteiger partial charge in [-0.15, -0.1) is 0 Å². The number of carbonyl (C=O) groups excluding carboxylic acids is 1. The lowest BCUT2D eigenvalue weighted by atomic mass is 10.1. The van der Waals surface area contributed by atoms with Crippen molar-refractivity contribution in [3.63, 3.8) is 0 Å². The van der Waals surface area contributed by atoms with Crippen LogP contribution in [0.4, 0.5) is 0 Å². The highest BCUT2D eigenvalue weighted by Crippen LogP contribution is 2.13. The zero-order valence-electron chi connectivity index (χ0n) is 13.1. The van der Waals surface area contributed by atoms with Gasteiger partial charge in [0.1, 0.15) is 0 Å². The summed E-state index contributed by atoms with van der Waals surface area (Å²) >= 11 is 8.56. The van der Waals surface area contributed by atoms with Crippen molar-refractivity contribution < 1.29 is 14.6 Å². The molecule has 1 fully saturated rings. The number of hydrogen-bond donors (Lipinski definition) is 2. The molecule has 2 N–H and O–H groups in total. The second-order valence-corrected chi connectivity index (χ2v) is 6.72. The molecule has 6 nitrogen and oxygen atoms in total. The summed E-state index contributed by atoms with van der Waals surface area (Å²) < 4.78 is 6.45. The van der Waals surface area contributed by atoms with Crippen LogP contribution in [0, 0.1) is 0 Å². The fourth-order valence-corrected chi connectivity index (χ4v) is 2.69. The summed E-state index contributed by atoms with van der Waals surface area (Å²) in [6, 6.07) is 7.47. The number of carboxylic acids is 1. The van der Waals surface area contributed by atoms with Crippen LogP contribution >= 0.6 is 28.1 Å². The smallest absolute Gasteiger partial charge is 0.187 e. The number of carboxylic acid groups (broad SMARTS) is 1. The van der Waals surface area contributed by atoms with Crippen molar-refractivity contribution in [2.24, 2.45) is 5.10 Å². The molecule has 0 aromatic heterocycles. The van der Waals surface area contributed by atoms with Gasteiger partial charge in [0, 0.05) is 23.6 Å². The Bertz CT molecular complexity index is 601. The maximum absolute atomic E-state index is 10.7. The molecule has 1 saturated heterocycles. The number of carbonyl (C=O) groups is 1. The maximum atomic E-state index is 10.7. The van der Waals surface area contributed by atoms with Crippen LogP contribution in [0.15, 0.2) is 33.8 Å². The molecule has 1 heterocycles. The third-order valence-electron chi connectivity index (χ3n) is 3.55. The van der Waals surface area contributed by atoms with Gasteiger partial charge in [-0.25, -0.2) is 0 Å². The zero-order valence-corrected chi connectivity index (χ0v) is 15.5. The topological polar surface area (TPSA) is 85.8 Å². The Kier molecular flexibility index (Phi) is 7.61. The first-order valence-electron chi connectivity index (χ1n) is 7.72. The van der Waals surface area contributed by atoms with Crippen molar-refractivity contribution in [1.29, 1.82) is 0 Å². The van der Waals surface area contributed by atoms with Crippen molar-refractivity contribution in [1.82, 2.24) is 10.7 Å². The molecule has 0 spiro atoms. The van der Waals surface area contributed by atoms with Crippen molar-refractivity contribution >= 4 is 44.9 Å². The van der Waals surface area contributed by atoms with E-state index in [2.05, 4.69) is 31.8 Å². The van der Waals surface area contributed by atoms with Gasteiger partial charge in [-0.3, -0.25) is 5.43 Å². The van der Waals surface area contributed by atoms with Crippen LogP contribution in [0.1, 0.15) is 31.2 Å². The van der Waals surface area contributed by atoms with Gasteiger partial charge in [0.25, 0.3) is 0 Å². The van der Waals surface area contributed by atoms with E-state index in [1.54, 1.807) is 0 Å². The summed E-state index contributed by atoms with van der Waals surface area (Å²) in [5.41, 5.74) is 4.20. The number of nitrogens with zero attached hydrogens (tertiary/aromatic N) is 1. The molecule has 0 radical (unpaired) electrons. The molecule has 0 aliphatic carbocycles. The molecule has 1 aliphatic rings. The minimum atomic E-state index is -1.11. The summed E-state index contributed by atoms with van der Waals surface area (Å²) in [6.07, 6.45) is 2.42. The summed E-state index contributed by atoms with van der Waals surface area (Å²) in [5.74, 6) is -1.11. The molecular formula is C16H19BrN3O3S-. The van der Waals surface area contributed by atoms with Gasteiger partial charge >= 0.3 is 0 Å². The van der Waals surface area contributed by atoms with Gasteiger partial charge in [-0.1, -0.05) is 28.1 Å². The van der Waals surface area contributed by atoms with Gasteiger partial charge in [0.2, 0.25) is 0 Å². The summed E-state index contributed by atoms with van der Waals surface area (Å²) in [6.45, 7) is 1.43. The maximum Gasteiger partial charge on any atom is 0.187 e. The Morgan fingerprint density at radius 1 is 1.38 bits per heavy atom. The minimum absolute atomic E-state index is 0.104. The highest BCUT2D eigenvalue weighted by Gasteiger charge is 2.15. The molecule has 0 bridgehead atoms. The van der Waals surface area contributed by atoms with Crippen molar-refractivity contribution in [3.05, 3.63) is 34.3 Å². The van der Waals surface area contributed by atoms with Gasteiger partial charge in [0.15, 0.2) is 5.11 Å². The molecule has 1 aromatic carbocycles. The average molecular weight is 413 g/mol. The summed E-state index contributed by atoms with van der Waals surface area (Å²) in [4.78, 5) is 10.7. The third-order valence-corrected chi connectivity index (χ3v) is 4.31. The third kappa shape index (κ3) is 6.54. The molecule has 0 saturated carbocycles. The van der Waals surface area contributed by atoms with Gasteiger partial charge < -0.3 is 20.0 Å². The monoisotopic (exact) mass is 412 g/mol. The van der Waals surface area contributed by atoms with Crippen LogP contribution in [0.2, 0.25) is 0 Å². The largest absolute Gasteiger partial charge is 0.550 e. The summed E-state index contributed by atoms with van der Waals surface area (Å²) in [5, 5.41) is 18.4. The van der Waals surface area contributed by atoms with Gasteiger partial charge in [-0.2, -0.15) is 5.10 Å². The Hall–Kier alpha value is -1.51. The number of halogens is 1. The number of nitrogens with one attached hydrogen (secondary N) is 2. The molecule has 130 valence electrons. The number of hydrazone groups is 1. The molecule has 8 heteroatoms. The molecule has 2 rings (SSSR count).